The summed E-state index contributed by atoms with van der Waals surface area (Å²) in [7, 11) is 0. The second kappa shape index (κ2) is 4.22. The van der Waals surface area contributed by atoms with Gasteiger partial charge in [0.2, 0.25) is 0 Å². The van der Waals surface area contributed by atoms with E-state index in [1.165, 1.54) is 0 Å². The fraction of sp³-hybridized carbons (Fsp3) is 0.800. The van der Waals surface area contributed by atoms with Gasteiger partial charge >= 0.3 is 0 Å². The summed E-state index contributed by atoms with van der Waals surface area (Å²) in [6.45, 7) is 8.07. The van der Waals surface area contributed by atoms with E-state index in [2.05, 4.69) is 6.58 Å². The summed E-state index contributed by atoms with van der Waals surface area (Å²) in [5.74, 6) is -0.332. The van der Waals surface area contributed by atoms with E-state index in [1.54, 1.807) is 0 Å². The van der Waals surface area contributed by atoms with Crippen LogP contribution in [0.5, 0.6) is 0 Å². The summed E-state index contributed by atoms with van der Waals surface area (Å²) in [5, 5.41) is 9.11. The highest BCUT2D eigenvalue weighted by Gasteiger charge is 2.35. The van der Waals surface area contributed by atoms with Gasteiger partial charge in [0.1, 0.15) is 0 Å². The Morgan fingerprint density at radius 2 is 2.31 bits per heavy atom. The standard InChI is InChI=1S/C10H18O3/c1-4-5-8-7-12-10(2,3)13-9(8)6-11/h4,8-9,11H,1,5-7H2,2-3H3. The lowest BCUT2D eigenvalue weighted by atomic mass is 9.98. The molecule has 0 bridgehead atoms. The van der Waals surface area contributed by atoms with Crippen LogP contribution in [0, 0.1) is 5.92 Å². The number of aliphatic hydroxyl groups is 1. The van der Waals surface area contributed by atoms with Crippen LogP contribution in [0.2, 0.25) is 0 Å². The van der Waals surface area contributed by atoms with Gasteiger partial charge in [0, 0.05) is 5.92 Å². The number of allylic oxidation sites excluding steroid dienone is 1. The Bertz CT molecular complexity index is 177. The summed E-state index contributed by atoms with van der Waals surface area (Å²) in [4.78, 5) is 0. The van der Waals surface area contributed by atoms with Gasteiger partial charge in [-0.05, 0) is 20.3 Å². The lowest BCUT2D eigenvalue weighted by Gasteiger charge is -2.40. The average Bonchev–Trinajstić information content (AvgIpc) is 2.08. The highest BCUT2D eigenvalue weighted by molar-refractivity contribution is 4.82. The molecule has 0 spiro atoms. The van der Waals surface area contributed by atoms with Crippen LogP contribution in [0.15, 0.2) is 12.7 Å². The van der Waals surface area contributed by atoms with E-state index < -0.39 is 5.79 Å². The predicted octanol–water partition coefficient (Wildman–Crippen LogP) is 1.32. The van der Waals surface area contributed by atoms with Gasteiger partial charge in [-0.2, -0.15) is 0 Å². The van der Waals surface area contributed by atoms with Crippen molar-refractivity contribution in [2.75, 3.05) is 13.2 Å². The summed E-state index contributed by atoms with van der Waals surface area (Å²) < 4.78 is 11.0. The van der Waals surface area contributed by atoms with Crippen molar-refractivity contribution >= 4 is 0 Å². The van der Waals surface area contributed by atoms with Crippen LogP contribution < -0.4 is 0 Å². The minimum atomic E-state index is -0.564. The zero-order valence-corrected chi connectivity index (χ0v) is 8.32. The fourth-order valence-corrected chi connectivity index (χ4v) is 1.53. The van der Waals surface area contributed by atoms with Gasteiger partial charge in [-0.15, -0.1) is 6.58 Å². The average molecular weight is 186 g/mol. The molecule has 1 aliphatic rings. The predicted molar refractivity (Wildman–Crippen MR) is 50.3 cm³/mol. The van der Waals surface area contributed by atoms with Crippen LogP contribution in [0.3, 0.4) is 0 Å². The molecule has 13 heavy (non-hydrogen) atoms. The molecule has 2 atom stereocenters. The quantitative estimate of drug-likeness (QED) is 0.676. The minimum absolute atomic E-state index is 0.0469. The van der Waals surface area contributed by atoms with Crippen LogP contribution in [0.4, 0.5) is 0 Å². The first kappa shape index (κ1) is 10.7. The molecule has 1 heterocycles. The number of aliphatic hydroxyl groups excluding tert-OH is 1. The first-order valence-electron chi connectivity index (χ1n) is 4.62. The molecule has 1 N–H and O–H groups in total. The molecule has 3 nitrogen and oxygen atoms in total. The number of hydrogen-bond acceptors (Lipinski definition) is 3. The monoisotopic (exact) mass is 186 g/mol. The largest absolute Gasteiger partial charge is 0.394 e. The molecule has 0 aromatic heterocycles. The van der Waals surface area contributed by atoms with Crippen LogP contribution in [-0.4, -0.2) is 30.2 Å². The van der Waals surface area contributed by atoms with Gasteiger partial charge in [0.15, 0.2) is 5.79 Å². The molecule has 2 unspecified atom stereocenters. The van der Waals surface area contributed by atoms with E-state index in [-0.39, 0.29) is 18.6 Å². The number of ether oxygens (including phenoxy) is 2. The van der Waals surface area contributed by atoms with E-state index >= 15 is 0 Å². The summed E-state index contributed by atoms with van der Waals surface area (Å²) >= 11 is 0. The van der Waals surface area contributed by atoms with Crippen molar-refractivity contribution in [3.8, 4) is 0 Å². The number of rotatable bonds is 3. The van der Waals surface area contributed by atoms with Crippen LogP contribution >= 0.6 is 0 Å². The van der Waals surface area contributed by atoms with Gasteiger partial charge in [0.05, 0.1) is 19.3 Å². The van der Waals surface area contributed by atoms with E-state index in [0.717, 1.165) is 6.42 Å². The highest BCUT2D eigenvalue weighted by Crippen LogP contribution is 2.27. The maximum Gasteiger partial charge on any atom is 0.163 e. The molecule has 0 saturated carbocycles. The summed E-state index contributed by atoms with van der Waals surface area (Å²) in [6.07, 6.45) is 2.53. The third kappa shape index (κ3) is 2.79. The Kier molecular flexibility index (Phi) is 3.47. The van der Waals surface area contributed by atoms with Crippen molar-refractivity contribution in [3.05, 3.63) is 12.7 Å². The zero-order chi connectivity index (χ0) is 9.90. The molecule has 1 aliphatic heterocycles. The molecule has 0 aromatic rings. The zero-order valence-electron chi connectivity index (χ0n) is 8.32. The van der Waals surface area contributed by atoms with Crippen molar-refractivity contribution < 1.29 is 14.6 Å². The topological polar surface area (TPSA) is 38.7 Å². The molecular formula is C10H18O3. The SMILES string of the molecule is C=CCC1COC(C)(C)OC1CO. The maximum atomic E-state index is 9.11. The lowest BCUT2D eigenvalue weighted by Crippen LogP contribution is -2.47. The Morgan fingerprint density at radius 3 is 2.85 bits per heavy atom. The Morgan fingerprint density at radius 1 is 1.62 bits per heavy atom. The van der Waals surface area contributed by atoms with Gasteiger partial charge in [-0.3, -0.25) is 0 Å². The smallest absolute Gasteiger partial charge is 0.163 e. The van der Waals surface area contributed by atoms with Gasteiger partial charge < -0.3 is 14.6 Å². The van der Waals surface area contributed by atoms with Crippen LogP contribution in [0.25, 0.3) is 0 Å². The molecule has 3 heteroatoms. The molecule has 1 fully saturated rings. The van der Waals surface area contributed by atoms with Crippen LogP contribution in [0.1, 0.15) is 20.3 Å². The van der Waals surface area contributed by atoms with Crippen molar-refractivity contribution in [2.24, 2.45) is 5.92 Å². The summed E-state index contributed by atoms with van der Waals surface area (Å²) in [6, 6.07) is 0. The van der Waals surface area contributed by atoms with E-state index in [9.17, 15) is 0 Å². The molecule has 0 radical (unpaired) electrons. The van der Waals surface area contributed by atoms with Gasteiger partial charge in [0.25, 0.3) is 0 Å². The molecule has 76 valence electrons. The van der Waals surface area contributed by atoms with Crippen molar-refractivity contribution in [1.82, 2.24) is 0 Å². The van der Waals surface area contributed by atoms with E-state index in [1.807, 2.05) is 19.9 Å². The van der Waals surface area contributed by atoms with Gasteiger partial charge in [-0.1, -0.05) is 6.08 Å². The van der Waals surface area contributed by atoms with Gasteiger partial charge in [-0.25, -0.2) is 0 Å². The molecular weight excluding hydrogens is 168 g/mol. The van der Waals surface area contributed by atoms with Crippen LogP contribution in [-0.2, 0) is 9.47 Å². The van der Waals surface area contributed by atoms with E-state index in [0.29, 0.717) is 6.61 Å². The molecule has 0 aromatic carbocycles. The Balaban J connectivity index is 2.55. The highest BCUT2D eigenvalue weighted by atomic mass is 16.7. The molecule has 1 saturated heterocycles. The van der Waals surface area contributed by atoms with Crippen molar-refractivity contribution in [2.45, 2.75) is 32.2 Å². The number of hydrogen-bond donors (Lipinski definition) is 1. The third-order valence-electron chi connectivity index (χ3n) is 2.26. The first-order valence-corrected chi connectivity index (χ1v) is 4.62. The normalized spacial score (nSPS) is 32.8. The molecule has 1 rings (SSSR count). The fourth-order valence-electron chi connectivity index (χ4n) is 1.53. The summed E-state index contributed by atoms with van der Waals surface area (Å²) in [5.41, 5.74) is 0. The molecule has 0 amide bonds. The van der Waals surface area contributed by atoms with Crippen molar-refractivity contribution in [3.63, 3.8) is 0 Å². The van der Waals surface area contributed by atoms with E-state index in [4.69, 9.17) is 14.6 Å². The minimum Gasteiger partial charge on any atom is -0.394 e. The lowest BCUT2D eigenvalue weighted by molar-refractivity contribution is -0.297. The second-order valence-electron chi connectivity index (χ2n) is 3.83. The first-order chi connectivity index (χ1) is 6.09. The second-order valence-corrected chi connectivity index (χ2v) is 3.83. The Labute approximate surface area is 79.3 Å². The third-order valence-corrected chi connectivity index (χ3v) is 2.26. The van der Waals surface area contributed by atoms with Crippen molar-refractivity contribution in [1.29, 1.82) is 0 Å². The molecule has 0 aliphatic carbocycles. The maximum absolute atomic E-state index is 9.11. The Hall–Kier alpha value is -0.380.